The first-order chi connectivity index (χ1) is 12.9. The van der Waals surface area contributed by atoms with Crippen LogP contribution in [0.25, 0.3) is 10.8 Å². The number of amides is 2. The number of nitrogens with one attached hydrogen (secondary N) is 2. The van der Waals surface area contributed by atoms with Gasteiger partial charge in [-0.3, -0.25) is 25.2 Å². The van der Waals surface area contributed by atoms with Crippen molar-refractivity contribution in [3.8, 4) is 5.75 Å². The maximum atomic E-state index is 12.5. The molecule has 9 heteroatoms. The minimum Gasteiger partial charge on any atom is -0.496 e. The van der Waals surface area contributed by atoms with Gasteiger partial charge in [-0.2, -0.15) is 5.10 Å². The van der Waals surface area contributed by atoms with Crippen molar-refractivity contribution in [2.75, 3.05) is 7.11 Å². The fraction of sp³-hybridized carbons (Fsp3) is 0.111. The van der Waals surface area contributed by atoms with E-state index in [0.717, 1.165) is 4.68 Å². The van der Waals surface area contributed by atoms with Crippen LogP contribution < -0.4 is 21.1 Å². The molecule has 1 heterocycles. The summed E-state index contributed by atoms with van der Waals surface area (Å²) in [6, 6.07) is 11.4. The number of aryl methyl sites for hydroxylation is 1. The predicted molar refractivity (Wildman–Crippen MR) is 103 cm³/mol. The zero-order valence-corrected chi connectivity index (χ0v) is 16.0. The molecule has 0 aliphatic rings. The van der Waals surface area contributed by atoms with Crippen LogP contribution in [0, 0.1) is 0 Å². The lowest BCUT2D eigenvalue weighted by molar-refractivity contribution is 0.0843. The van der Waals surface area contributed by atoms with Crippen molar-refractivity contribution < 1.29 is 14.3 Å². The number of methoxy groups -OCH3 is 1. The Morgan fingerprint density at radius 2 is 1.74 bits per heavy atom. The van der Waals surface area contributed by atoms with E-state index in [1.54, 1.807) is 42.5 Å². The Labute approximate surface area is 162 Å². The maximum absolute atomic E-state index is 12.5. The summed E-state index contributed by atoms with van der Waals surface area (Å²) < 4.78 is 6.80. The van der Waals surface area contributed by atoms with E-state index in [-0.39, 0.29) is 11.3 Å². The van der Waals surface area contributed by atoms with E-state index in [1.165, 1.54) is 14.2 Å². The van der Waals surface area contributed by atoms with Crippen LogP contribution in [0.15, 0.2) is 51.7 Å². The monoisotopic (exact) mass is 430 g/mol. The Kier molecular flexibility index (Phi) is 5.22. The van der Waals surface area contributed by atoms with Gasteiger partial charge < -0.3 is 4.74 Å². The van der Waals surface area contributed by atoms with Crippen molar-refractivity contribution >= 4 is 38.5 Å². The Hall–Kier alpha value is -3.20. The van der Waals surface area contributed by atoms with Gasteiger partial charge in [0.25, 0.3) is 17.4 Å². The average molecular weight is 431 g/mol. The van der Waals surface area contributed by atoms with Crippen molar-refractivity contribution in [2.24, 2.45) is 7.05 Å². The summed E-state index contributed by atoms with van der Waals surface area (Å²) in [5.74, 6) is -0.569. The lowest BCUT2D eigenvalue weighted by Crippen LogP contribution is -2.42. The van der Waals surface area contributed by atoms with Crippen LogP contribution in [0.5, 0.6) is 5.75 Å². The van der Waals surface area contributed by atoms with Gasteiger partial charge in [0.2, 0.25) is 0 Å². The van der Waals surface area contributed by atoms with Crippen LogP contribution in [-0.4, -0.2) is 28.7 Å². The minimum absolute atomic E-state index is 0.0314. The van der Waals surface area contributed by atoms with Crippen molar-refractivity contribution in [1.82, 2.24) is 20.6 Å². The molecule has 0 aliphatic carbocycles. The van der Waals surface area contributed by atoms with Crippen molar-refractivity contribution in [3.05, 3.63) is 68.5 Å². The molecule has 0 saturated heterocycles. The molecule has 138 valence electrons. The van der Waals surface area contributed by atoms with E-state index in [1.807, 2.05) is 0 Å². The molecule has 0 radical (unpaired) electrons. The Bertz CT molecular complexity index is 1110. The molecule has 2 N–H and O–H groups in total. The number of rotatable bonds is 3. The largest absolute Gasteiger partial charge is 0.496 e. The predicted octanol–water partition coefficient (Wildman–Crippen LogP) is 1.78. The summed E-state index contributed by atoms with van der Waals surface area (Å²) in [4.78, 5) is 36.9. The molecule has 0 aliphatic heterocycles. The third-order valence-electron chi connectivity index (χ3n) is 3.88. The minimum atomic E-state index is -0.636. The van der Waals surface area contributed by atoms with Gasteiger partial charge in [-0.1, -0.05) is 18.2 Å². The summed E-state index contributed by atoms with van der Waals surface area (Å²) in [6.07, 6.45) is 0. The second-order valence-corrected chi connectivity index (χ2v) is 6.43. The Balaban J connectivity index is 1.81. The summed E-state index contributed by atoms with van der Waals surface area (Å²) >= 11 is 3.30. The molecule has 27 heavy (non-hydrogen) atoms. The molecule has 0 spiro atoms. The number of halogens is 1. The fourth-order valence-electron chi connectivity index (χ4n) is 2.52. The Morgan fingerprint density at radius 3 is 2.41 bits per heavy atom. The zero-order chi connectivity index (χ0) is 19.6. The highest BCUT2D eigenvalue weighted by atomic mass is 79.9. The molecule has 2 aromatic carbocycles. The lowest BCUT2D eigenvalue weighted by atomic mass is 10.1. The highest BCUT2D eigenvalue weighted by Gasteiger charge is 2.17. The van der Waals surface area contributed by atoms with Gasteiger partial charge in [-0.15, -0.1) is 0 Å². The summed E-state index contributed by atoms with van der Waals surface area (Å²) in [7, 11) is 2.98. The van der Waals surface area contributed by atoms with Gasteiger partial charge in [0, 0.05) is 18.0 Å². The first kappa shape index (κ1) is 18.6. The molecule has 3 rings (SSSR count). The topological polar surface area (TPSA) is 102 Å². The first-order valence-electron chi connectivity index (χ1n) is 7.82. The van der Waals surface area contributed by atoms with Gasteiger partial charge in [0.15, 0.2) is 5.69 Å². The number of ether oxygens (including phenoxy) is 1. The molecule has 8 nitrogen and oxygen atoms in total. The van der Waals surface area contributed by atoms with E-state index in [9.17, 15) is 14.4 Å². The molecular weight excluding hydrogens is 416 g/mol. The highest BCUT2D eigenvalue weighted by Crippen LogP contribution is 2.25. The van der Waals surface area contributed by atoms with Gasteiger partial charge in [0.1, 0.15) is 5.75 Å². The highest BCUT2D eigenvalue weighted by molar-refractivity contribution is 9.10. The van der Waals surface area contributed by atoms with Gasteiger partial charge in [0.05, 0.1) is 17.0 Å². The number of nitrogens with zero attached hydrogens (tertiary/aromatic N) is 2. The van der Waals surface area contributed by atoms with Crippen molar-refractivity contribution in [1.29, 1.82) is 0 Å². The lowest BCUT2D eigenvalue weighted by Gasteiger charge is -2.10. The number of hydrogen-bond donors (Lipinski definition) is 2. The standard InChI is InChI=1S/C18H15BrN4O4/c1-23-18(26)12-6-4-3-5-11(12)15(22-23)17(25)21-20-16(24)10-7-8-14(27-2)13(19)9-10/h3-9H,1-2H3,(H,20,24)(H,21,25). The SMILES string of the molecule is COc1ccc(C(=O)NNC(=O)c2nn(C)c(=O)c3ccccc23)cc1Br. The Morgan fingerprint density at radius 1 is 1.07 bits per heavy atom. The van der Waals surface area contributed by atoms with E-state index in [2.05, 4.69) is 31.9 Å². The van der Waals surface area contributed by atoms with Gasteiger partial charge >= 0.3 is 0 Å². The van der Waals surface area contributed by atoms with E-state index in [4.69, 9.17) is 4.74 Å². The molecule has 0 bridgehead atoms. The van der Waals surface area contributed by atoms with Crippen LogP contribution in [0.3, 0.4) is 0 Å². The fourth-order valence-corrected chi connectivity index (χ4v) is 3.06. The molecular formula is C18H15BrN4O4. The second kappa shape index (κ2) is 7.58. The van der Waals surface area contributed by atoms with E-state index in [0.29, 0.717) is 26.6 Å². The van der Waals surface area contributed by atoms with Crippen molar-refractivity contribution in [3.63, 3.8) is 0 Å². The third-order valence-corrected chi connectivity index (χ3v) is 4.49. The summed E-state index contributed by atoms with van der Waals surface area (Å²) in [5.41, 5.74) is 4.70. The zero-order valence-electron chi connectivity index (χ0n) is 14.4. The summed E-state index contributed by atoms with van der Waals surface area (Å²) in [5, 5.41) is 4.77. The number of hydrogen-bond acceptors (Lipinski definition) is 5. The number of hydrazine groups is 1. The molecule has 1 aromatic heterocycles. The number of carbonyl (C=O) groups excluding carboxylic acids is 2. The molecule has 0 atom stereocenters. The molecule has 0 saturated carbocycles. The smallest absolute Gasteiger partial charge is 0.290 e. The number of aromatic nitrogens is 2. The van der Waals surface area contributed by atoms with E-state index < -0.39 is 11.8 Å². The number of fused-ring (bicyclic) bond motifs is 1. The molecule has 2 amide bonds. The normalized spacial score (nSPS) is 10.5. The van der Waals surface area contributed by atoms with Crippen LogP contribution in [0.4, 0.5) is 0 Å². The quantitative estimate of drug-likeness (QED) is 0.616. The first-order valence-corrected chi connectivity index (χ1v) is 8.62. The van der Waals surface area contributed by atoms with Gasteiger partial charge in [-0.25, -0.2) is 4.68 Å². The third kappa shape index (κ3) is 3.68. The van der Waals surface area contributed by atoms with Crippen LogP contribution in [0.1, 0.15) is 20.8 Å². The van der Waals surface area contributed by atoms with Crippen LogP contribution in [0.2, 0.25) is 0 Å². The average Bonchev–Trinajstić information content (AvgIpc) is 2.68. The molecule has 3 aromatic rings. The molecule has 0 fully saturated rings. The number of carbonyl (C=O) groups is 2. The van der Waals surface area contributed by atoms with Crippen LogP contribution >= 0.6 is 15.9 Å². The van der Waals surface area contributed by atoms with Gasteiger partial charge in [-0.05, 0) is 40.2 Å². The maximum Gasteiger partial charge on any atom is 0.290 e. The van der Waals surface area contributed by atoms with E-state index >= 15 is 0 Å². The van der Waals surface area contributed by atoms with Crippen molar-refractivity contribution in [2.45, 2.75) is 0 Å². The second-order valence-electron chi connectivity index (χ2n) is 5.58. The number of benzene rings is 2. The van der Waals surface area contributed by atoms with Crippen LogP contribution in [-0.2, 0) is 7.05 Å². The molecule has 0 unspecified atom stereocenters. The summed E-state index contributed by atoms with van der Waals surface area (Å²) in [6.45, 7) is 0.